The molecule has 0 fully saturated rings. The van der Waals surface area contributed by atoms with Gasteiger partial charge in [-0.05, 0) is 29.8 Å². The molecule has 0 bridgehead atoms. The lowest BCUT2D eigenvalue weighted by molar-refractivity contribution is 1.38. The fraction of sp³-hybridized carbons (Fsp3) is 0.0769. The Morgan fingerprint density at radius 2 is 1.82 bits per heavy atom. The molecule has 2 rings (SSSR count). The zero-order valence-corrected chi connectivity index (χ0v) is 11.3. The third-order valence-corrected chi connectivity index (χ3v) is 4.04. The number of hydrogen-bond acceptors (Lipinski definition) is 2. The number of halogens is 2. The quantitative estimate of drug-likeness (QED) is 0.643. The van der Waals surface area contributed by atoms with Crippen molar-refractivity contribution in [2.45, 2.75) is 10.6 Å². The summed E-state index contributed by atoms with van der Waals surface area (Å²) in [5.41, 5.74) is 7.73. The summed E-state index contributed by atoms with van der Waals surface area (Å²) in [6.45, 7) is 0. The Hall–Kier alpha value is -0.830. The molecule has 4 heteroatoms. The van der Waals surface area contributed by atoms with Gasteiger partial charge in [-0.25, -0.2) is 0 Å². The summed E-state index contributed by atoms with van der Waals surface area (Å²) in [5, 5.41) is 1.35. The van der Waals surface area contributed by atoms with E-state index in [1.165, 1.54) is 0 Å². The molecule has 0 aliphatic carbocycles. The van der Waals surface area contributed by atoms with Gasteiger partial charge >= 0.3 is 0 Å². The molecule has 0 saturated heterocycles. The second-order valence-corrected chi connectivity index (χ2v) is 5.42. The summed E-state index contributed by atoms with van der Waals surface area (Å²) in [6, 6.07) is 13.3. The molecule has 0 aliphatic heterocycles. The van der Waals surface area contributed by atoms with Crippen LogP contribution in [0.3, 0.4) is 0 Å². The number of nitrogens with two attached hydrogens (primary N) is 1. The SMILES string of the molecule is Nc1ccccc1SCc1ccc(Cl)cc1Cl. The van der Waals surface area contributed by atoms with E-state index >= 15 is 0 Å². The fourth-order valence-electron chi connectivity index (χ4n) is 1.41. The van der Waals surface area contributed by atoms with Crippen LogP contribution in [0.2, 0.25) is 10.0 Å². The van der Waals surface area contributed by atoms with Gasteiger partial charge in [0, 0.05) is 26.4 Å². The molecule has 1 nitrogen and oxygen atoms in total. The summed E-state index contributed by atoms with van der Waals surface area (Å²) < 4.78 is 0. The van der Waals surface area contributed by atoms with Gasteiger partial charge in [0.15, 0.2) is 0 Å². The standard InChI is InChI=1S/C13H11Cl2NS/c14-10-6-5-9(11(15)7-10)8-17-13-4-2-1-3-12(13)16/h1-7H,8,16H2. The zero-order valence-electron chi connectivity index (χ0n) is 8.99. The van der Waals surface area contributed by atoms with Crippen LogP contribution in [0.4, 0.5) is 5.69 Å². The Kier molecular flexibility index (Phi) is 4.21. The third kappa shape index (κ3) is 3.32. The molecule has 0 aliphatic rings. The first-order valence-corrected chi connectivity index (χ1v) is 6.82. The van der Waals surface area contributed by atoms with E-state index < -0.39 is 0 Å². The minimum atomic E-state index is 0.656. The second kappa shape index (κ2) is 5.67. The van der Waals surface area contributed by atoms with Gasteiger partial charge in [0.1, 0.15) is 0 Å². The van der Waals surface area contributed by atoms with E-state index in [0.717, 1.165) is 21.9 Å². The third-order valence-electron chi connectivity index (χ3n) is 2.32. The van der Waals surface area contributed by atoms with Crippen LogP contribution in [0.15, 0.2) is 47.4 Å². The molecule has 2 N–H and O–H groups in total. The van der Waals surface area contributed by atoms with Crippen molar-refractivity contribution < 1.29 is 0 Å². The normalized spacial score (nSPS) is 10.5. The lowest BCUT2D eigenvalue weighted by Crippen LogP contribution is -1.88. The van der Waals surface area contributed by atoms with Gasteiger partial charge in [0.2, 0.25) is 0 Å². The maximum Gasteiger partial charge on any atom is 0.0461 e. The lowest BCUT2D eigenvalue weighted by Gasteiger charge is -2.06. The molecule has 0 heterocycles. The molecule has 2 aromatic rings. The lowest BCUT2D eigenvalue weighted by atomic mass is 10.2. The molecule has 17 heavy (non-hydrogen) atoms. The van der Waals surface area contributed by atoms with Gasteiger partial charge in [-0.3, -0.25) is 0 Å². The maximum absolute atomic E-state index is 6.11. The average Bonchev–Trinajstić information content (AvgIpc) is 2.30. The van der Waals surface area contributed by atoms with Gasteiger partial charge in [0.25, 0.3) is 0 Å². The number of hydrogen-bond donors (Lipinski definition) is 1. The van der Waals surface area contributed by atoms with Crippen molar-refractivity contribution in [1.29, 1.82) is 0 Å². The highest BCUT2D eigenvalue weighted by Gasteiger charge is 2.04. The average molecular weight is 284 g/mol. The largest absolute Gasteiger partial charge is 0.398 e. The van der Waals surface area contributed by atoms with E-state index in [1.807, 2.05) is 36.4 Å². The smallest absolute Gasteiger partial charge is 0.0461 e. The summed E-state index contributed by atoms with van der Waals surface area (Å²) in [7, 11) is 0. The molecule has 0 radical (unpaired) electrons. The Morgan fingerprint density at radius 1 is 1.06 bits per heavy atom. The van der Waals surface area contributed by atoms with Gasteiger partial charge in [-0.1, -0.05) is 41.4 Å². The molecule has 0 aromatic heterocycles. The molecular weight excluding hydrogens is 273 g/mol. The topological polar surface area (TPSA) is 26.0 Å². The first-order valence-electron chi connectivity index (χ1n) is 5.08. The molecule has 0 saturated carbocycles. The monoisotopic (exact) mass is 283 g/mol. The van der Waals surface area contributed by atoms with Crippen molar-refractivity contribution in [1.82, 2.24) is 0 Å². The van der Waals surface area contributed by atoms with E-state index in [2.05, 4.69) is 0 Å². The van der Waals surface area contributed by atoms with Crippen molar-refractivity contribution >= 4 is 40.7 Å². The van der Waals surface area contributed by atoms with E-state index in [1.54, 1.807) is 17.8 Å². The van der Waals surface area contributed by atoms with Crippen LogP contribution < -0.4 is 5.73 Å². The Balaban J connectivity index is 2.10. The summed E-state index contributed by atoms with van der Waals surface area (Å²) >= 11 is 13.6. The van der Waals surface area contributed by atoms with Crippen molar-refractivity contribution in [3.05, 3.63) is 58.1 Å². The van der Waals surface area contributed by atoms with Crippen molar-refractivity contribution in [3.8, 4) is 0 Å². The van der Waals surface area contributed by atoms with Crippen molar-refractivity contribution in [3.63, 3.8) is 0 Å². The number of benzene rings is 2. The van der Waals surface area contributed by atoms with Crippen LogP contribution in [0, 0.1) is 0 Å². The molecule has 88 valence electrons. The van der Waals surface area contributed by atoms with E-state index in [-0.39, 0.29) is 0 Å². The van der Waals surface area contributed by atoms with Crippen LogP contribution >= 0.6 is 35.0 Å². The highest BCUT2D eigenvalue weighted by Crippen LogP contribution is 2.31. The van der Waals surface area contributed by atoms with Crippen LogP contribution in [0.25, 0.3) is 0 Å². The van der Waals surface area contributed by atoms with Crippen LogP contribution in [-0.2, 0) is 5.75 Å². The van der Waals surface area contributed by atoms with Gasteiger partial charge in [0.05, 0.1) is 0 Å². The van der Waals surface area contributed by atoms with Gasteiger partial charge < -0.3 is 5.73 Å². The summed E-state index contributed by atoms with van der Waals surface area (Å²) in [6.07, 6.45) is 0. The van der Waals surface area contributed by atoms with Crippen LogP contribution in [0.5, 0.6) is 0 Å². The Morgan fingerprint density at radius 3 is 2.53 bits per heavy atom. The highest BCUT2D eigenvalue weighted by atomic mass is 35.5. The van der Waals surface area contributed by atoms with Crippen molar-refractivity contribution in [2.75, 3.05) is 5.73 Å². The predicted octanol–water partition coefficient (Wildman–Crippen LogP) is 4.87. The summed E-state index contributed by atoms with van der Waals surface area (Å²) in [5.74, 6) is 0.782. The molecule has 0 atom stereocenters. The first kappa shape index (κ1) is 12.6. The summed E-state index contributed by atoms with van der Waals surface area (Å²) in [4.78, 5) is 1.07. The number of rotatable bonds is 3. The fourth-order valence-corrected chi connectivity index (χ4v) is 2.93. The Labute approximate surface area is 115 Å². The van der Waals surface area contributed by atoms with E-state index in [9.17, 15) is 0 Å². The minimum absolute atomic E-state index is 0.656. The number of para-hydroxylation sites is 1. The van der Waals surface area contributed by atoms with E-state index in [0.29, 0.717) is 10.0 Å². The van der Waals surface area contributed by atoms with E-state index in [4.69, 9.17) is 28.9 Å². The number of anilines is 1. The first-order chi connectivity index (χ1) is 8.16. The molecular formula is C13H11Cl2NS. The Bertz CT molecular complexity index is 529. The molecule has 2 aromatic carbocycles. The number of nitrogen functional groups attached to an aromatic ring is 1. The molecule has 0 amide bonds. The second-order valence-electron chi connectivity index (χ2n) is 3.56. The molecule has 0 spiro atoms. The van der Waals surface area contributed by atoms with Gasteiger partial charge in [-0.15, -0.1) is 11.8 Å². The van der Waals surface area contributed by atoms with Crippen LogP contribution in [0.1, 0.15) is 5.56 Å². The number of thioether (sulfide) groups is 1. The van der Waals surface area contributed by atoms with Gasteiger partial charge in [-0.2, -0.15) is 0 Å². The van der Waals surface area contributed by atoms with Crippen LogP contribution in [-0.4, -0.2) is 0 Å². The highest BCUT2D eigenvalue weighted by molar-refractivity contribution is 7.98. The predicted molar refractivity (Wildman–Crippen MR) is 76.9 cm³/mol. The molecule has 0 unspecified atom stereocenters. The minimum Gasteiger partial charge on any atom is -0.398 e. The maximum atomic E-state index is 6.11. The zero-order chi connectivity index (χ0) is 12.3. The van der Waals surface area contributed by atoms with Crippen molar-refractivity contribution in [2.24, 2.45) is 0 Å².